The molecule has 1 atom stereocenters. The van der Waals surface area contributed by atoms with Crippen LogP contribution >= 0.6 is 0 Å². The van der Waals surface area contributed by atoms with E-state index in [1.165, 1.54) is 0 Å². The number of hydrogen-bond acceptors (Lipinski definition) is 2. The van der Waals surface area contributed by atoms with Gasteiger partial charge in [0.05, 0.1) is 0 Å². The molecular formula is C3H3F6KO3S. The maximum absolute atomic E-state index is 11.9. The largest absolute Gasteiger partial charge is 1.00 e. The predicted octanol–water partition coefficient (Wildman–Crippen LogP) is -1.52. The molecule has 0 aliphatic rings. The van der Waals surface area contributed by atoms with E-state index in [4.69, 9.17) is 4.55 Å². The van der Waals surface area contributed by atoms with Gasteiger partial charge < -0.3 is 1.43 Å². The molecule has 14 heavy (non-hydrogen) atoms. The van der Waals surface area contributed by atoms with Crippen LogP contribution in [0.2, 0.25) is 0 Å². The van der Waals surface area contributed by atoms with Gasteiger partial charge in [0.25, 0.3) is 6.17 Å². The molecule has 11 heteroatoms. The topological polar surface area (TPSA) is 54.4 Å². The second-order valence-electron chi connectivity index (χ2n) is 1.94. The van der Waals surface area contributed by atoms with Gasteiger partial charge in [0.1, 0.15) is 0 Å². The van der Waals surface area contributed by atoms with Crippen LogP contribution in [0, 0.1) is 0 Å². The van der Waals surface area contributed by atoms with Crippen molar-refractivity contribution >= 4 is 10.1 Å². The summed E-state index contributed by atoms with van der Waals surface area (Å²) in [5, 5.41) is -5.88. The number of alkyl halides is 6. The number of hydrogen-bond donors (Lipinski definition) is 1. The zero-order chi connectivity index (χ0) is 11.1. The second-order valence-corrected chi connectivity index (χ2v) is 3.44. The molecule has 1 unspecified atom stereocenters. The van der Waals surface area contributed by atoms with E-state index < -0.39 is 27.7 Å². The van der Waals surface area contributed by atoms with Crippen LogP contribution < -0.4 is 51.4 Å². The average molecular weight is 272 g/mol. The fourth-order valence-electron chi connectivity index (χ4n) is 0.321. The van der Waals surface area contributed by atoms with Crippen molar-refractivity contribution in [2.45, 2.75) is 17.6 Å². The third-order valence-corrected chi connectivity index (χ3v) is 1.82. The van der Waals surface area contributed by atoms with Gasteiger partial charge in [0.2, 0.25) is 0 Å². The molecule has 82 valence electrons. The van der Waals surface area contributed by atoms with Crippen molar-refractivity contribution in [1.82, 2.24) is 0 Å². The molecule has 1 N–H and O–H groups in total. The van der Waals surface area contributed by atoms with Gasteiger partial charge in [0.15, 0.2) is 0 Å². The molecule has 0 fully saturated rings. The van der Waals surface area contributed by atoms with Gasteiger partial charge in [-0.3, -0.25) is 4.55 Å². The van der Waals surface area contributed by atoms with E-state index in [1.807, 2.05) is 0 Å². The van der Waals surface area contributed by atoms with Crippen LogP contribution in [0.1, 0.15) is 1.43 Å². The maximum Gasteiger partial charge on any atom is 1.00 e. The van der Waals surface area contributed by atoms with Crippen LogP contribution in [0.25, 0.3) is 0 Å². The molecule has 0 spiro atoms. The van der Waals surface area contributed by atoms with Crippen molar-refractivity contribution in [3.05, 3.63) is 0 Å². The van der Waals surface area contributed by atoms with E-state index in [0.717, 1.165) is 0 Å². The molecule has 0 aliphatic heterocycles. The van der Waals surface area contributed by atoms with E-state index >= 15 is 0 Å². The molecule has 0 bridgehead atoms. The molecular weight excluding hydrogens is 269 g/mol. The van der Waals surface area contributed by atoms with Crippen LogP contribution in [0.3, 0.4) is 0 Å². The predicted molar refractivity (Wildman–Crippen MR) is 28.6 cm³/mol. The summed E-state index contributed by atoms with van der Waals surface area (Å²) in [6.07, 6.45) is -11.0. The molecule has 0 heterocycles. The summed E-state index contributed by atoms with van der Waals surface area (Å²) in [5.74, 6) is 0. The minimum absolute atomic E-state index is 0. The van der Waals surface area contributed by atoms with Gasteiger partial charge in [0, 0.05) is 0 Å². The number of rotatable bonds is 2. The van der Waals surface area contributed by atoms with Gasteiger partial charge in [-0.2, -0.15) is 30.4 Å². The first-order valence-electron chi connectivity index (χ1n) is 2.46. The van der Waals surface area contributed by atoms with Crippen LogP contribution in [0.4, 0.5) is 26.3 Å². The Morgan fingerprint density at radius 3 is 1.50 bits per heavy atom. The fourth-order valence-corrected chi connectivity index (χ4v) is 0.716. The van der Waals surface area contributed by atoms with Crippen LogP contribution in [0.15, 0.2) is 0 Å². The Balaban J connectivity index is -0.000000720. The van der Waals surface area contributed by atoms with E-state index in [2.05, 4.69) is 0 Å². The standard InChI is InChI=1S/C3H2F6O3S.K.H/c4-1(2(5,6)7)3(8,9)13(10,11)12;;/h1H,(H,10,11,12);;/q;+1;-1. The monoisotopic (exact) mass is 272 g/mol. The van der Waals surface area contributed by atoms with Gasteiger partial charge in [-0.25, -0.2) is 4.39 Å². The summed E-state index contributed by atoms with van der Waals surface area (Å²) in [7, 11) is -6.41. The van der Waals surface area contributed by atoms with Crippen molar-refractivity contribution in [3.8, 4) is 0 Å². The van der Waals surface area contributed by atoms with Crippen molar-refractivity contribution < 1.29 is 92.1 Å². The van der Waals surface area contributed by atoms with E-state index in [9.17, 15) is 34.8 Å². The first kappa shape index (κ1) is 17.5. The summed E-state index contributed by atoms with van der Waals surface area (Å²) in [5.41, 5.74) is 0. The second kappa shape index (κ2) is 4.97. The molecule has 0 aliphatic carbocycles. The minimum Gasteiger partial charge on any atom is -1.00 e. The molecule has 0 aromatic heterocycles. The zero-order valence-corrected chi connectivity index (χ0v) is 10.5. The van der Waals surface area contributed by atoms with Crippen LogP contribution in [0.5, 0.6) is 0 Å². The summed E-state index contributed by atoms with van der Waals surface area (Å²) in [4.78, 5) is 0. The minimum atomic E-state index is -6.41. The Bertz CT molecular complexity index is 288. The average Bonchev–Trinajstić information content (AvgIpc) is 1.81. The molecule has 0 aromatic carbocycles. The molecule has 0 saturated carbocycles. The third kappa shape index (κ3) is 3.94. The van der Waals surface area contributed by atoms with Crippen LogP contribution in [-0.4, -0.2) is 30.6 Å². The Morgan fingerprint density at radius 1 is 1.14 bits per heavy atom. The van der Waals surface area contributed by atoms with E-state index in [1.54, 1.807) is 0 Å². The zero-order valence-electron chi connectivity index (χ0n) is 7.52. The van der Waals surface area contributed by atoms with Crippen molar-refractivity contribution in [3.63, 3.8) is 0 Å². The third-order valence-electron chi connectivity index (χ3n) is 0.926. The van der Waals surface area contributed by atoms with Crippen LogP contribution in [-0.2, 0) is 10.1 Å². The molecule has 0 radical (unpaired) electrons. The van der Waals surface area contributed by atoms with E-state index in [0.29, 0.717) is 0 Å². The normalized spacial score (nSPS) is 15.9. The van der Waals surface area contributed by atoms with Crippen molar-refractivity contribution in [1.29, 1.82) is 0 Å². The molecule has 0 aromatic rings. The number of halogens is 6. The molecule has 0 saturated heterocycles. The SMILES string of the molecule is O=S(=O)(O)C(F)(F)C(F)C(F)(F)F.[H-].[K+]. The summed E-state index contributed by atoms with van der Waals surface area (Å²) >= 11 is 0. The molecule has 0 rings (SSSR count). The smallest absolute Gasteiger partial charge is 1.00 e. The van der Waals surface area contributed by atoms with Gasteiger partial charge in [-0.15, -0.1) is 0 Å². The summed E-state index contributed by atoms with van der Waals surface area (Å²) in [6, 6.07) is 0. The first-order chi connectivity index (χ1) is 5.40. The molecule has 3 nitrogen and oxygen atoms in total. The Hall–Kier alpha value is 1.13. The van der Waals surface area contributed by atoms with E-state index in [-0.39, 0.29) is 52.8 Å². The maximum atomic E-state index is 11.9. The van der Waals surface area contributed by atoms with Crippen molar-refractivity contribution in [2.24, 2.45) is 0 Å². The van der Waals surface area contributed by atoms with Gasteiger partial charge in [-0.05, 0) is 0 Å². The summed E-state index contributed by atoms with van der Waals surface area (Å²) in [6.45, 7) is 0. The van der Waals surface area contributed by atoms with Gasteiger partial charge >= 0.3 is 72.9 Å². The Morgan fingerprint density at radius 2 is 1.43 bits per heavy atom. The van der Waals surface area contributed by atoms with Crippen molar-refractivity contribution in [2.75, 3.05) is 0 Å². The summed E-state index contributed by atoms with van der Waals surface area (Å²) < 4.78 is 96.1. The Labute approximate surface area is 118 Å². The quantitative estimate of drug-likeness (QED) is 0.377. The first-order valence-corrected chi connectivity index (χ1v) is 3.90. The molecule has 0 amide bonds. The Kier molecular flexibility index (Phi) is 6.22. The fraction of sp³-hybridized carbons (Fsp3) is 1.00. The van der Waals surface area contributed by atoms with Gasteiger partial charge in [-0.1, -0.05) is 0 Å².